The first kappa shape index (κ1) is 26.0. The highest BCUT2D eigenvalue weighted by atomic mass is 35.5. The number of hydrogen-bond acceptors (Lipinski definition) is 7. The Morgan fingerprint density at radius 3 is 2.63 bits per heavy atom. The fourth-order valence-electron chi connectivity index (χ4n) is 4.39. The second-order valence-corrected chi connectivity index (χ2v) is 12.3. The van der Waals surface area contributed by atoms with Crippen molar-refractivity contribution in [3.05, 3.63) is 29.3 Å². The van der Waals surface area contributed by atoms with E-state index >= 15 is 0 Å². The quantitative estimate of drug-likeness (QED) is 0.508. The summed E-state index contributed by atoms with van der Waals surface area (Å²) in [5.74, 6) is -0.945. The van der Waals surface area contributed by atoms with Gasteiger partial charge in [0.25, 0.3) is 10.0 Å². The first-order valence-corrected chi connectivity index (χ1v) is 14.2. The second-order valence-electron chi connectivity index (χ2n) is 8.64. The maximum atomic E-state index is 13.7. The van der Waals surface area contributed by atoms with Gasteiger partial charge in [-0.3, -0.25) is 14.4 Å². The SMILES string of the molecule is CCC(=O)CN(C1CCN([C@@H](C)C(=O)N2CCOCC2)C1=O)S(=O)(=O)c1cc2ccc(Cl)cc2s1. The number of fused-ring (bicyclic) bond motifs is 1. The van der Waals surface area contributed by atoms with Gasteiger partial charge in [-0.15, -0.1) is 11.3 Å². The highest BCUT2D eigenvalue weighted by Crippen LogP contribution is 2.35. The van der Waals surface area contributed by atoms with Crippen LogP contribution in [0.3, 0.4) is 0 Å². The van der Waals surface area contributed by atoms with Crippen LogP contribution in [-0.2, 0) is 29.1 Å². The third-order valence-electron chi connectivity index (χ3n) is 6.46. The number of morpholine rings is 1. The summed E-state index contributed by atoms with van der Waals surface area (Å²) in [7, 11) is -4.16. The normalized spacial score (nSPS) is 20.1. The lowest BCUT2D eigenvalue weighted by Crippen LogP contribution is -2.53. The number of carbonyl (C=O) groups is 3. The molecule has 2 atom stereocenters. The molecule has 35 heavy (non-hydrogen) atoms. The summed E-state index contributed by atoms with van der Waals surface area (Å²) in [6, 6.07) is 4.85. The van der Waals surface area contributed by atoms with Gasteiger partial charge in [-0.2, -0.15) is 4.31 Å². The Labute approximate surface area is 213 Å². The molecule has 12 heteroatoms. The van der Waals surface area contributed by atoms with Gasteiger partial charge >= 0.3 is 0 Å². The average molecular weight is 542 g/mol. The lowest BCUT2D eigenvalue weighted by atomic mass is 10.2. The highest BCUT2D eigenvalue weighted by Gasteiger charge is 2.45. The van der Waals surface area contributed by atoms with Crippen LogP contribution < -0.4 is 0 Å². The number of rotatable bonds is 8. The summed E-state index contributed by atoms with van der Waals surface area (Å²) >= 11 is 7.11. The van der Waals surface area contributed by atoms with Gasteiger partial charge in [0.15, 0.2) is 0 Å². The molecule has 2 amide bonds. The van der Waals surface area contributed by atoms with Crippen LogP contribution in [0.1, 0.15) is 26.7 Å². The van der Waals surface area contributed by atoms with Gasteiger partial charge in [0.2, 0.25) is 11.8 Å². The van der Waals surface area contributed by atoms with Crippen LogP contribution in [0, 0.1) is 0 Å². The molecule has 0 aliphatic carbocycles. The minimum atomic E-state index is -4.16. The van der Waals surface area contributed by atoms with E-state index in [0.29, 0.717) is 41.4 Å². The van der Waals surface area contributed by atoms with Crippen LogP contribution in [0.5, 0.6) is 0 Å². The predicted octanol–water partition coefficient (Wildman–Crippen LogP) is 2.37. The first-order chi connectivity index (χ1) is 16.6. The zero-order valence-corrected chi connectivity index (χ0v) is 22.0. The van der Waals surface area contributed by atoms with Crippen molar-refractivity contribution in [3.63, 3.8) is 0 Å². The highest BCUT2D eigenvalue weighted by molar-refractivity contribution is 7.91. The second kappa shape index (κ2) is 10.5. The summed E-state index contributed by atoms with van der Waals surface area (Å²) in [6.45, 7) is 4.94. The lowest BCUT2D eigenvalue weighted by molar-refractivity contribution is -0.146. The van der Waals surface area contributed by atoms with Crippen LogP contribution in [-0.4, -0.2) is 91.6 Å². The fourth-order valence-corrected chi connectivity index (χ4v) is 7.79. The number of ether oxygens (including phenoxy) is 1. The molecule has 1 aromatic carbocycles. The largest absolute Gasteiger partial charge is 0.378 e. The molecule has 0 radical (unpaired) electrons. The van der Waals surface area contributed by atoms with E-state index in [0.717, 1.165) is 15.6 Å². The van der Waals surface area contributed by atoms with Crippen molar-refractivity contribution in [1.82, 2.24) is 14.1 Å². The van der Waals surface area contributed by atoms with Gasteiger partial charge in [-0.05, 0) is 36.9 Å². The van der Waals surface area contributed by atoms with E-state index in [4.69, 9.17) is 16.3 Å². The van der Waals surface area contributed by atoms with Gasteiger partial charge in [0.05, 0.1) is 19.8 Å². The van der Waals surface area contributed by atoms with E-state index in [1.54, 1.807) is 36.9 Å². The molecule has 2 fully saturated rings. The summed E-state index contributed by atoms with van der Waals surface area (Å²) < 4.78 is 34.5. The van der Waals surface area contributed by atoms with E-state index in [2.05, 4.69) is 0 Å². The van der Waals surface area contributed by atoms with Crippen molar-refractivity contribution in [2.75, 3.05) is 39.4 Å². The van der Waals surface area contributed by atoms with Crippen molar-refractivity contribution < 1.29 is 27.5 Å². The Kier molecular flexibility index (Phi) is 7.82. The molecule has 0 bridgehead atoms. The Hall–Kier alpha value is -2.05. The molecule has 1 aromatic heterocycles. The number of halogens is 1. The topological polar surface area (TPSA) is 104 Å². The van der Waals surface area contributed by atoms with Crippen molar-refractivity contribution >= 4 is 60.6 Å². The average Bonchev–Trinajstić information content (AvgIpc) is 3.45. The number of thiophene rings is 1. The standard InChI is InChI=1S/C23H28ClN3O6S2/c1-3-18(28)14-27(35(31,32)21-12-16-4-5-17(24)13-20(16)34-21)19-6-7-26(23(19)30)15(2)22(29)25-8-10-33-11-9-25/h4-5,12-13,15,19H,3,6-11,14H2,1-2H3/t15-,19?/m0/s1. The summed E-state index contributed by atoms with van der Waals surface area (Å²) in [5.41, 5.74) is 0. The molecule has 190 valence electrons. The molecule has 4 rings (SSSR count). The maximum Gasteiger partial charge on any atom is 0.253 e. The molecule has 0 spiro atoms. The molecule has 0 N–H and O–H groups in total. The zero-order valence-electron chi connectivity index (χ0n) is 19.6. The minimum absolute atomic E-state index is 0.0439. The van der Waals surface area contributed by atoms with Crippen molar-refractivity contribution in [2.45, 2.75) is 43.0 Å². The Balaban J connectivity index is 1.61. The summed E-state index contributed by atoms with van der Waals surface area (Å²) in [6.07, 6.45) is 0.344. The number of benzene rings is 1. The van der Waals surface area contributed by atoms with Crippen LogP contribution in [0.2, 0.25) is 5.02 Å². The number of amides is 2. The molecule has 0 saturated carbocycles. The van der Waals surface area contributed by atoms with E-state index < -0.39 is 34.6 Å². The third-order valence-corrected chi connectivity index (χ3v) is 10.1. The van der Waals surface area contributed by atoms with Crippen LogP contribution in [0.25, 0.3) is 10.1 Å². The third kappa shape index (κ3) is 5.24. The molecular weight excluding hydrogens is 514 g/mol. The Morgan fingerprint density at radius 1 is 1.23 bits per heavy atom. The van der Waals surface area contributed by atoms with Crippen molar-refractivity contribution in [2.24, 2.45) is 0 Å². The number of hydrogen-bond donors (Lipinski definition) is 0. The number of Topliss-reactive ketones (excluding diaryl/α,β-unsaturated/α-hetero) is 1. The molecule has 1 unspecified atom stereocenters. The molecule has 2 aliphatic rings. The Bertz CT molecular complexity index is 1240. The minimum Gasteiger partial charge on any atom is -0.378 e. The summed E-state index contributed by atoms with van der Waals surface area (Å²) in [4.78, 5) is 41.9. The van der Waals surface area contributed by atoms with Crippen LogP contribution in [0.4, 0.5) is 0 Å². The van der Waals surface area contributed by atoms with E-state index in [-0.39, 0.29) is 35.3 Å². The fraction of sp³-hybridized carbons (Fsp3) is 0.522. The molecular formula is C23H28ClN3O6S2. The van der Waals surface area contributed by atoms with E-state index in [1.807, 2.05) is 0 Å². The van der Waals surface area contributed by atoms with Gasteiger partial charge in [-0.25, -0.2) is 8.42 Å². The number of carbonyl (C=O) groups excluding carboxylic acids is 3. The van der Waals surface area contributed by atoms with Crippen LogP contribution in [0.15, 0.2) is 28.5 Å². The van der Waals surface area contributed by atoms with Crippen LogP contribution >= 0.6 is 22.9 Å². The van der Waals surface area contributed by atoms with Crippen molar-refractivity contribution in [3.8, 4) is 0 Å². The van der Waals surface area contributed by atoms with E-state index in [9.17, 15) is 22.8 Å². The van der Waals surface area contributed by atoms with Gasteiger partial charge in [-0.1, -0.05) is 24.6 Å². The molecule has 2 aliphatic heterocycles. The predicted molar refractivity (Wildman–Crippen MR) is 133 cm³/mol. The monoisotopic (exact) mass is 541 g/mol. The smallest absolute Gasteiger partial charge is 0.253 e. The zero-order chi connectivity index (χ0) is 25.3. The molecule has 2 saturated heterocycles. The maximum absolute atomic E-state index is 13.7. The summed E-state index contributed by atoms with van der Waals surface area (Å²) in [5, 5.41) is 1.20. The van der Waals surface area contributed by atoms with Gasteiger partial charge < -0.3 is 14.5 Å². The lowest BCUT2D eigenvalue weighted by Gasteiger charge is -2.33. The molecule has 2 aromatic rings. The van der Waals surface area contributed by atoms with Gasteiger partial charge in [0.1, 0.15) is 22.1 Å². The molecule has 3 heterocycles. The number of nitrogens with zero attached hydrogens (tertiary/aromatic N) is 3. The van der Waals surface area contributed by atoms with E-state index in [1.165, 1.54) is 11.0 Å². The number of sulfonamides is 1. The first-order valence-electron chi connectivity index (χ1n) is 11.5. The Morgan fingerprint density at radius 2 is 1.94 bits per heavy atom. The van der Waals surface area contributed by atoms with Crippen molar-refractivity contribution in [1.29, 1.82) is 0 Å². The number of likely N-dealkylation sites (tertiary alicyclic amines) is 1. The van der Waals surface area contributed by atoms with Gasteiger partial charge in [0, 0.05) is 35.8 Å². The number of ketones is 1. The molecule has 9 nitrogen and oxygen atoms in total.